The smallest absolute Gasteiger partial charge is 0.120 e. The van der Waals surface area contributed by atoms with Gasteiger partial charge < -0.3 is 20.1 Å². The average Bonchev–Trinajstić information content (AvgIpc) is 2.58. The molecule has 0 unspecified atom stereocenters. The second-order valence-electron chi connectivity index (χ2n) is 6.12. The van der Waals surface area contributed by atoms with Gasteiger partial charge in [0.15, 0.2) is 0 Å². The highest BCUT2D eigenvalue weighted by Crippen LogP contribution is 2.22. The quantitative estimate of drug-likeness (QED) is 0.860. The fourth-order valence-electron chi connectivity index (χ4n) is 2.69. The molecule has 1 fully saturated rings. The lowest BCUT2D eigenvalue weighted by Gasteiger charge is -2.29. The highest BCUT2D eigenvalue weighted by Gasteiger charge is 2.17. The van der Waals surface area contributed by atoms with Crippen LogP contribution >= 0.6 is 0 Å². The molecule has 0 atom stereocenters. The predicted octanol–water partition coefficient (Wildman–Crippen LogP) is 3.32. The van der Waals surface area contributed by atoms with Gasteiger partial charge in [-0.05, 0) is 61.9 Å². The Hall–Kier alpha value is -2.20. The lowest BCUT2D eigenvalue weighted by molar-refractivity contribution is 0.114. The van der Waals surface area contributed by atoms with E-state index in [0.29, 0.717) is 12.7 Å². The summed E-state index contributed by atoms with van der Waals surface area (Å²) in [6.45, 7) is 2.75. The molecule has 23 heavy (non-hydrogen) atoms. The van der Waals surface area contributed by atoms with Gasteiger partial charge in [0.1, 0.15) is 24.2 Å². The minimum Gasteiger partial charge on any atom is -0.490 e. The number of nitrogen functional groups attached to an aromatic ring is 1. The Balaban J connectivity index is 1.49. The molecule has 0 spiro atoms. The summed E-state index contributed by atoms with van der Waals surface area (Å²) in [7, 11) is 2.16. The van der Waals surface area contributed by atoms with Gasteiger partial charge in [-0.1, -0.05) is 12.1 Å². The molecule has 0 radical (unpaired) electrons. The molecular formula is C19H24N2O2. The Bertz CT molecular complexity index is 602. The van der Waals surface area contributed by atoms with Crippen molar-refractivity contribution in [2.75, 3.05) is 25.9 Å². The first-order valence-electron chi connectivity index (χ1n) is 8.11. The largest absolute Gasteiger partial charge is 0.490 e. The summed E-state index contributed by atoms with van der Waals surface area (Å²) in [5.74, 6) is 1.76. The minimum absolute atomic E-state index is 0.327. The molecule has 1 aliphatic heterocycles. The maximum Gasteiger partial charge on any atom is 0.120 e. The second-order valence-corrected chi connectivity index (χ2v) is 6.12. The van der Waals surface area contributed by atoms with Crippen LogP contribution < -0.4 is 15.2 Å². The highest BCUT2D eigenvalue weighted by molar-refractivity contribution is 5.39. The molecule has 3 rings (SSSR count). The number of rotatable bonds is 5. The Morgan fingerprint density at radius 1 is 0.957 bits per heavy atom. The lowest BCUT2D eigenvalue weighted by atomic mass is 10.1. The van der Waals surface area contributed by atoms with Crippen LogP contribution in [0.1, 0.15) is 18.4 Å². The zero-order chi connectivity index (χ0) is 16.1. The number of likely N-dealkylation sites (tertiary alicyclic amines) is 1. The van der Waals surface area contributed by atoms with Crippen LogP contribution in [0.5, 0.6) is 11.5 Å². The number of nitrogens with two attached hydrogens (primary N) is 1. The van der Waals surface area contributed by atoms with E-state index < -0.39 is 0 Å². The standard InChI is InChI=1S/C19H24N2O2/c1-21-12-10-19(11-13-21)23-18-8-6-17(7-9-18)22-14-15-2-4-16(20)5-3-15/h2-9,19H,10-14,20H2,1H3. The third-order valence-corrected chi connectivity index (χ3v) is 4.18. The SMILES string of the molecule is CN1CCC(Oc2ccc(OCc3ccc(N)cc3)cc2)CC1. The van der Waals surface area contributed by atoms with Gasteiger partial charge in [-0.2, -0.15) is 0 Å². The van der Waals surface area contributed by atoms with Crippen molar-refractivity contribution >= 4 is 5.69 Å². The number of piperidine rings is 1. The molecule has 0 aromatic heterocycles. The molecule has 122 valence electrons. The van der Waals surface area contributed by atoms with Crippen LogP contribution in [0, 0.1) is 0 Å². The summed E-state index contributed by atoms with van der Waals surface area (Å²) in [4.78, 5) is 2.34. The second kappa shape index (κ2) is 7.38. The molecule has 2 aromatic carbocycles. The van der Waals surface area contributed by atoms with Crippen LogP contribution in [0.4, 0.5) is 5.69 Å². The molecule has 0 bridgehead atoms. The summed E-state index contributed by atoms with van der Waals surface area (Å²) in [6.07, 6.45) is 2.50. The molecule has 1 saturated heterocycles. The first-order chi connectivity index (χ1) is 11.2. The van der Waals surface area contributed by atoms with Crippen molar-refractivity contribution in [2.24, 2.45) is 0 Å². The zero-order valence-electron chi connectivity index (χ0n) is 13.6. The summed E-state index contributed by atoms with van der Waals surface area (Å²) >= 11 is 0. The minimum atomic E-state index is 0.327. The maximum absolute atomic E-state index is 6.04. The normalized spacial score (nSPS) is 16.2. The molecule has 0 saturated carbocycles. The van der Waals surface area contributed by atoms with Crippen molar-refractivity contribution in [2.45, 2.75) is 25.6 Å². The van der Waals surface area contributed by atoms with Gasteiger partial charge in [0.2, 0.25) is 0 Å². The molecule has 2 aromatic rings. The maximum atomic E-state index is 6.04. The lowest BCUT2D eigenvalue weighted by Crippen LogP contribution is -2.35. The summed E-state index contributed by atoms with van der Waals surface area (Å²) < 4.78 is 11.8. The Labute approximate surface area is 137 Å². The van der Waals surface area contributed by atoms with E-state index in [1.54, 1.807) is 0 Å². The molecule has 4 nitrogen and oxygen atoms in total. The molecule has 1 aliphatic rings. The van der Waals surface area contributed by atoms with Crippen LogP contribution in [0.25, 0.3) is 0 Å². The third kappa shape index (κ3) is 4.63. The van der Waals surface area contributed by atoms with E-state index in [-0.39, 0.29) is 0 Å². The van der Waals surface area contributed by atoms with E-state index in [2.05, 4.69) is 11.9 Å². The molecule has 1 heterocycles. The van der Waals surface area contributed by atoms with Crippen molar-refractivity contribution in [1.82, 2.24) is 4.90 Å². The van der Waals surface area contributed by atoms with Gasteiger partial charge in [-0.3, -0.25) is 0 Å². The van der Waals surface area contributed by atoms with Gasteiger partial charge in [-0.15, -0.1) is 0 Å². The van der Waals surface area contributed by atoms with Crippen molar-refractivity contribution in [3.8, 4) is 11.5 Å². The number of ether oxygens (including phenoxy) is 2. The van der Waals surface area contributed by atoms with Crippen molar-refractivity contribution in [1.29, 1.82) is 0 Å². The fourth-order valence-corrected chi connectivity index (χ4v) is 2.69. The Kier molecular flexibility index (Phi) is 5.03. The Morgan fingerprint density at radius 3 is 2.22 bits per heavy atom. The van der Waals surface area contributed by atoms with Crippen LogP contribution in [0.2, 0.25) is 0 Å². The van der Waals surface area contributed by atoms with E-state index >= 15 is 0 Å². The van der Waals surface area contributed by atoms with Gasteiger partial charge >= 0.3 is 0 Å². The average molecular weight is 312 g/mol. The van der Waals surface area contributed by atoms with E-state index in [4.69, 9.17) is 15.2 Å². The van der Waals surface area contributed by atoms with E-state index in [9.17, 15) is 0 Å². The molecule has 2 N–H and O–H groups in total. The highest BCUT2D eigenvalue weighted by atomic mass is 16.5. The monoisotopic (exact) mass is 312 g/mol. The molecular weight excluding hydrogens is 288 g/mol. The third-order valence-electron chi connectivity index (χ3n) is 4.18. The van der Waals surface area contributed by atoms with Crippen LogP contribution in [0.3, 0.4) is 0 Å². The summed E-state index contributed by atoms with van der Waals surface area (Å²) in [5, 5.41) is 0. The topological polar surface area (TPSA) is 47.7 Å². The van der Waals surface area contributed by atoms with Gasteiger partial charge in [0, 0.05) is 18.8 Å². The predicted molar refractivity (Wildman–Crippen MR) is 92.8 cm³/mol. The van der Waals surface area contributed by atoms with E-state index in [1.165, 1.54) is 0 Å². The van der Waals surface area contributed by atoms with Gasteiger partial charge in [0.25, 0.3) is 0 Å². The first kappa shape index (κ1) is 15.7. The number of nitrogens with zero attached hydrogens (tertiary/aromatic N) is 1. The van der Waals surface area contributed by atoms with Crippen molar-refractivity contribution < 1.29 is 9.47 Å². The first-order valence-corrected chi connectivity index (χ1v) is 8.11. The van der Waals surface area contributed by atoms with Gasteiger partial charge in [-0.25, -0.2) is 0 Å². The fraction of sp³-hybridized carbons (Fsp3) is 0.368. The van der Waals surface area contributed by atoms with E-state index in [0.717, 1.165) is 48.7 Å². The van der Waals surface area contributed by atoms with Crippen LogP contribution in [0.15, 0.2) is 48.5 Å². The van der Waals surface area contributed by atoms with Gasteiger partial charge in [0.05, 0.1) is 0 Å². The number of benzene rings is 2. The Morgan fingerprint density at radius 2 is 1.57 bits per heavy atom. The van der Waals surface area contributed by atoms with Crippen LogP contribution in [-0.2, 0) is 6.61 Å². The van der Waals surface area contributed by atoms with E-state index in [1.807, 2.05) is 48.5 Å². The number of hydrogen-bond acceptors (Lipinski definition) is 4. The molecule has 0 aliphatic carbocycles. The number of hydrogen-bond donors (Lipinski definition) is 1. The molecule has 4 heteroatoms. The number of anilines is 1. The summed E-state index contributed by atoms with van der Waals surface area (Å²) in [5.41, 5.74) is 7.55. The van der Waals surface area contributed by atoms with Crippen molar-refractivity contribution in [3.63, 3.8) is 0 Å². The molecule has 0 amide bonds. The summed E-state index contributed by atoms with van der Waals surface area (Å²) in [6, 6.07) is 15.6. The zero-order valence-corrected chi connectivity index (χ0v) is 13.6. The van der Waals surface area contributed by atoms with Crippen molar-refractivity contribution in [3.05, 3.63) is 54.1 Å². The van der Waals surface area contributed by atoms with Crippen LogP contribution in [-0.4, -0.2) is 31.1 Å².